The van der Waals surface area contributed by atoms with E-state index in [0.29, 0.717) is 29.3 Å². The van der Waals surface area contributed by atoms with Gasteiger partial charge in [-0.1, -0.05) is 39.8 Å². The molecule has 2 heterocycles. The molecule has 9 nitrogen and oxygen atoms in total. The monoisotopic (exact) mass is 522 g/mol. The Labute approximate surface area is 224 Å². The molecule has 4 aliphatic rings. The summed E-state index contributed by atoms with van der Waals surface area (Å²) in [7, 11) is -0.594. The Morgan fingerprint density at radius 1 is 1.13 bits per heavy atom. The van der Waals surface area contributed by atoms with Gasteiger partial charge in [0, 0.05) is 0 Å². The van der Waals surface area contributed by atoms with Gasteiger partial charge >= 0.3 is 7.12 Å². The summed E-state index contributed by atoms with van der Waals surface area (Å²) in [6.07, 6.45) is 2.96. The standard InChI is InChI=1S/C28H39BN4O5/c1-15(2)11-23(29-37-22-13-17-12-21(27(17,4)5)28(22,6)38-29)32-26(36)24(16(3)34)33-25(35)20-14-30-18-9-7-8-10-19(18)31-20/h7-10,14-17,21-24,34H,11-13H2,1-6H3,(H,32,36)(H,33,35)/t16-,17-,21-,22-,23+,24+,28+/m1/s1. The summed E-state index contributed by atoms with van der Waals surface area (Å²) in [4.78, 5) is 35.1. The van der Waals surface area contributed by atoms with Crippen LogP contribution in [0.2, 0.25) is 0 Å². The second-order valence-electron chi connectivity index (χ2n) is 12.5. The number of hydrogen-bond acceptors (Lipinski definition) is 7. The Balaban J connectivity index is 1.30. The van der Waals surface area contributed by atoms with Crippen LogP contribution in [0.1, 0.15) is 71.3 Å². The molecule has 2 bridgehead atoms. The van der Waals surface area contributed by atoms with Gasteiger partial charge in [-0.05, 0) is 68.4 Å². The first-order valence-electron chi connectivity index (χ1n) is 13.7. The number of amides is 2. The summed E-state index contributed by atoms with van der Waals surface area (Å²) >= 11 is 0. The van der Waals surface area contributed by atoms with Crippen LogP contribution in [0.5, 0.6) is 0 Å². The fraction of sp³-hybridized carbons (Fsp3) is 0.643. The molecular weight excluding hydrogens is 483 g/mol. The lowest BCUT2D eigenvalue weighted by Gasteiger charge is -2.64. The van der Waals surface area contributed by atoms with Crippen LogP contribution in [0.3, 0.4) is 0 Å². The molecule has 1 aromatic heterocycles. The second-order valence-corrected chi connectivity index (χ2v) is 12.5. The summed E-state index contributed by atoms with van der Waals surface area (Å²) in [6, 6.07) is 6.04. The first-order chi connectivity index (χ1) is 17.9. The number of aliphatic hydroxyl groups excluding tert-OH is 1. The molecule has 204 valence electrons. The summed E-state index contributed by atoms with van der Waals surface area (Å²) in [6.45, 7) is 12.4. The molecule has 7 atom stereocenters. The molecule has 3 saturated carbocycles. The average molecular weight is 522 g/mol. The summed E-state index contributed by atoms with van der Waals surface area (Å²) in [5.41, 5.74) is 1.13. The number of rotatable bonds is 8. The van der Waals surface area contributed by atoms with Gasteiger partial charge in [-0.25, -0.2) is 4.98 Å². The highest BCUT2D eigenvalue weighted by Crippen LogP contribution is 2.65. The van der Waals surface area contributed by atoms with Crippen molar-refractivity contribution >= 4 is 30.0 Å². The van der Waals surface area contributed by atoms with Crippen LogP contribution < -0.4 is 10.6 Å². The lowest BCUT2D eigenvalue weighted by atomic mass is 9.43. The molecule has 2 aromatic rings. The zero-order valence-corrected chi connectivity index (χ0v) is 23.1. The number of fused-ring (bicyclic) bond motifs is 1. The van der Waals surface area contributed by atoms with Crippen molar-refractivity contribution in [2.24, 2.45) is 23.2 Å². The summed E-state index contributed by atoms with van der Waals surface area (Å²) < 4.78 is 13.1. The fourth-order valence-corrected chi connectivity index (χ4v) is 6.78. The third kappa shape index (κ3) is 4.71. The van der Waals surface area contributed by atoms with Crippen LogP contribution in [0.15, 0.2) is 30.5 Å². The van der Waals surface area contributed by atoms with Crippen molar-refractivity contribution < 1.29 is 24.0 Å². The first-order valence-corrected chi connectivity index (χ1v) is 13.7. The van der Waals surface area contributed by atoms with E-state index in [1.165, 1.54) is 13.1 Å². The van der Waals surface area contributed by atoms with Gasteiger partial charge < -0.3 is 25.0 Å². The van der Waals surface area contributed by atoms with E-state index >= 15 is 0 Å². The third-order valence-corrected chi connectivity index (χ3v) is 9.08. The maximum Gasteiger partial charge on any atom is 0.481 e. The van der Waals surface area contributed by atoms with E-state index < -0.39 is 42.6 Å². The lowest BCUT2D eigenvalue weighted by molar-refractivity contribution is -0.199. The molecule has 0 unspecified atom stereocenters. The second kappa shape index (κ2) is 9.88. The highest BCUT2D eigenvalue weighted by Gasteiger charge is 2.68. The van der Waals surface area contributed by atoms with E-state index in [1.807, 2.05) is 12.1 Å². The van der Waals surface area contributed by atoms with E-state index in [-0.39, 0.29) is 23.1 Å². The first kappa shape index (κ1) is 27.0. The van der Waals surface area contributed by atoms with Crippen LogP contribution in [-0.4, -0.2) is 63.8 Å². The topological polar surface area (TPSA) is 123 Å². The maximum absolute atomic E-state index is 13.4. The van der Waals surface area contributed by atoms with Crippen LogP contribution in [0.25, 0.3) is 11.0 Å². The number of carbonyl (C=O) groups excluding carboxylic acids is 2. The van der Waals surface area contributed by atoms with Crippen molar-refractivity contribution in [1.82, 2.24) is 20.6 Å². The van der Waals surface area contributed by atoms with Crippen molar-refractivity contribution in [2.45, 2.75) is 90.6 Å². The molecule has 3 aliphatic carbocycles. The van der Waals surface area contributed by atoms with Crippen molar-refractivity contribution in [3.8, 4) is 0 Å². The van der Waals surface area contributed by atoms with Crippen LogP contribution in [-0.2, 0) is 14.1 Å². The van der Waals surface area contributed by atoms with Gasteiger partial charge in [-0.15, -0.1) is 0 Å². The molecule has 2 amide bonds. The van der Waals surface area contributed by atoms with Gasteiger partial charge in [0.25, 0.3) is 5.91 Å². The van der Waals surface area contributed by atoms with E-state index in [9.17, 15) is 14.7 Å². The Hall–Kier alpha value is -2.56. The predicted molar refractivity (Wildman–Crippen MR) is 144 cm³/mol. The zero-order chi connectivity index (χ0) is 27.4. The highest BCUT2D eigenvalue weighted by molar-refractivity contribution is 6.48. The Bertz CT molecular complexity index is 1220. The molecule has 4 fully saturated rings. The zero-order valence-electron chi connectivity index (χ0n) is 23.1. The van der Waals surface area contributed by atoms with Gasteiger partial charge in [-0.3, -0.25) is 14.6 Å². The van der Waals surface area contributed by atoms with Crippen molar-refractivity contribution in [3.63, 3.8) is 0 Å². The number of aromatic nitrogens is 2. The van der Waals surface area contributed by atoms with Crippen molar-refractivity contribution in [1.29, 1.82) is 0 Å². The Kier molecular flexibility index (Phi) is 7.03. The summed E-state index contributed by atoms with van der Waals surface area (Å²) in [5.74, 6) is -0.210. The number of aliphatic hydroxyl groups is 1. The quantitative estimate of drug-likeness (QED) is 0.456. The molecule has 1 aliphatic heterocycles. The van der Waals surface area contributed by atoms with E-state index in [1.54, 1.807) is 12.1 Å². The predicted octanol–water partition coefficient (Wildman–Crippen LogP) is 2.91. The normalized spacial score (nSPS) is 29.8. The molecule has 1 saturated heterocycles. The fourth-order valence-electron chi connectivity index (χ4n) is 6.78. The smallest absolute Gasteiger partial charge is 0.404 e. The number of benzene rings is 1. The minimum atomic E-state index is -1.18. The van der Waals surface area contributed by atoms with Gasteiger partial charge in [-0.2, -0.15) is 0 Å². The largest absolute Gasteiger partial charge is 0.481 e. The average Bonchev–Trinajstić information content (AvgIpc) is 3.23. The van der Waals surface area contributed by atoms with Gasteiger partial charge in [0.05, 0.1) is 41.0 Å². The molecule has 10 heteroatoms. The SMILES string of the molecule is CC(C)C[C@H](NC(=O)[C@@H](NC(=O)c1cnc2ccccc2n1)[C@@H](C)O)B1O[C@@H]2C[C@H]3C[C@H](C3(C)C)[C@]2(C)O1. The molecular formula is C28H39BN4O5. The van der Waals surface area contributed by atoms with Crippen molar-refractivity contribution in [3.05, 3.63) is 36.2 Å². The molecule has 3 N–H and O–H groups in total. The molecule has 0 radical (unpaired) electrons. The third-order valence-electron chi connectivity index (χ3n) is 9.08. The van der Waals surface area contributed by atoms with E-state index in [4.69, 9.17) is 9.31 Å². The number of nitrogens with zero attached hydrogens (tertiary/aromatic N) is 2. The highest BCUT2D eigenvalue weighted by atomic mass is 16.7. The number of hydrogen-bond donors (Lipinski definition) is 3. The minimum absolute atomic E-state index is 0.00502. The molecule has 1 aromatic carbocycles. The molecule has 38 heavy (non-hydrogen) atoms. The molecule has 6 rings (SSSR count). The van der Waals surface area contributed by atoms with Crippen LogP contribution in [0.4, 0.5) is 0 Å². The number of carbonyl (C=O) groups is 2. The Morgan fingerprint density at radius 3 is 2.50 bits per heavy atom. The van der Waals surface area contributed by atoms with Gasteiger partial charge in [0.1, 0.15) is 11.7 Å². The number of para-hydroxylation sites is 2. The summed E-state index contributed by atoms with van der Waals surface area (Å²) in [5, 5.41) is 16.1. The van der Waals surface area contributed by atoms with Gasteiger partial charge in [0.2, 0.25) is 5.91 Å². The minimum Gasteiger partial charge on any atom is -0.404 e. The van der Waals surface area contributed by atoms with Crippen LogP contribution in [0, 0.1) is 23.2 Å². The Morgan fingerprint density at radius 2 is 1.84 bits per heavy atom. The maximum atomic E-state index is 13.4. The van der Waals surface area contributed by atoms with E-state index in [2.05, 4.69) is 55.2 Å². The lowest BCUT2D eigenvalue weighted by Crippen LogP contribution is -2.65. The number of nitrogens with one attached hydrogen (secondary N) is 2. The van der Waals surface area contributed by atoms with Crippen LogP contribution >= 0.6 is 0 Å². The van der Waals surface area contributed by atoms with Crippen molar-refractivity contribution in [2.75, 3.05) is 0 Å². The molecule has 0 spiro atoms. The van der Waals surface area contributed by atoms with E-state index in [0.717, 1.165) is 12.8 Å². The van der Waals surface area contributed by atoms with Gasteiger partial charge in [0.15, 0.2) is 0 Å².